The van der Waals surface area contributed by atoms with Crippen LogP contribution in [-0.2, 0) is 16.0 Å². The molecule has 0 saturated carbocycles. The van der Waals surface area contributed by atoms with Crippen LogP contribution in [-0.4, -0.2) is 66.8 Å². The van der Waals surface area contributed by atoms with Gasteiger partial charge in [-0.3, -0.25) is 9.69 Å². The molecule has 2 aliphatic heterocycles. The summed E-state index contributed by atoms with van der Waals surface area (Å²) < 4.78 is 10.6. The molecule has 6 heteroatoms. The predicted octanol–water partition coefficient (Wildman–Crippen LogP) is 1.79. The minimum atomic E-state index is 0.205. The molecule has 1 aromatic rings. The lowest BCUT2D eigenvalue weighted by Gasteiger charge is -2.34. The number of carbonyl (C=O) groups is 1. The first-order valence-corrected chi connectivity index (χ1v) is 9.13. The van der Waals surface area contributed by atoms with E-state index < -0.39 is 0 Å². The first-order valence-electron chi connectivity index (χ1n) is 9.13. The molecular formula is C18H29N3O3. The van der Waals surface area contributed by atoms with Crippen molar-refractivity contribution in [3.05, 3.63) is 17.0 Å². The fraction of sp³-hybridized carbons (Fsp3) is 0.778. The van der Waals surface area contributed by atoms with Gasteiger partial charge in [0.15, 0.2) is 0 Å². The average molecular weight is 335 g/mol. The van der Waals surface area contributed by atoms with Crippen LogP contribution in [0.5, 0.6) is 0 Å². The van der Waals surface area contributed by atoms with E-state index in [1.165, 1.54) is 13.0 Å². The zero-order valence-electron chi connectivity index (χ0n) is 14.9. The van der Waals surface area contributed by atoms with Crippen LogP contribution in [0.25, 0.3) is 0 Å². The Morgan fingerprint density at radius 1 is 1.17 bits per heavy atom. The predicted molar refractivity (Wildman–Crippen MR) is 90.9 cm³/mol. The number of aryl methyl sites for hydroxylation is 2. The van der Waals surface area contributed by atoms with Crippen molar-refractivity contribution in [3.8, 4) is 0 Å². The fourth-order valence-electron chi connectivity index (χ4n) is 3.68. The highest BCUT2D eigenvalue weighted by atomic mass is 16.5. The largest absolute Gasteiger partial charge is 0.379 e. The van der Waals surface area contributed by atoms with Crippen molar-refractivity contribution < 1.29 is 14.1 Å². The first-order chi connectivity index (χ1) is 11.6. The second-order valence-electron chi connectivity index (χ2n) is 7.05. The topological polar surface area (TPSA) is 58.8 Å². The monoisotopic (exact) mass is 335 g/mol. The second kappa shape index (κ2) is 8.12. The van der Waals surface area contributed by atoms with Crippen LogP contribution >= 0.6 is 0 Å². The van der Waals surface area contributed by atoms with Gasteiger partial charge in [0.2, 0.25) is 5.91 Å². The number of rotatable bonds is 5. The number of amides is 1. The maximum atomic E-state index is 12.5. The number of aromatic nitrogens is 1. The molecule has 2 aliphatic rings. The molecule has 1 amide bonds. The summed E-state index contributed by atoms with van der Waals surface area (Å²) in [5, 5.41) is 3.94. The van der Waals surface area contributed by atoms with Crippen molar-refractivity contribution in [1.82, 2.24) is 15.0 Å². The quantitative estimate of drug-likeness (QED) is 0.821. The minimum absolute atomic E-state index is 0.205. The standard InChI is InChI=1S/C18H29N3O3/c1-14-17(15(2)24-19-14)13-18(22)21-7-4-16(5-8-21)3-6-20-9-11-23-12-10-20/h16H,3-13H2,1-2H3. The maximum Gasteiger partial charge on any atom is 0.227 e. The van der Waals surface area contributed by atoms with Gasteiger partial charge in [-0.05, 0) is 45.6 Å². The Morgan fingerprint density at radius 3 is 2.50 bits per heavy atom. The van der Waals surface area contributed by atoms with E-state index in [1.54, 1.807) is 0 Å². The SMILES string of the molecule is Cc1noc(C)c1CC(=O)N1CCC(CCN2CCOCC2)CC1. The van der Waals surface area contributed by atoms with Crippen LogP contribution in [0, 0.1) is 19.8 Å². The van der Waals surface area contributed by atoms with E-state index >= 15 is 0 Å². The lowest BCUT2D eigenvalue weighted by atomic mass is 9.93. The number of hydrogen-bond acceptors (Lipinski definition) is 5. The Kier molecular flexibility index (Phi) is 5.89. The molecule has 3 rings (SSSR count). The van der Waals surface area contributed by atoms with Crippen LogP contribution in [0.3, 0.4) is 0 Å². The molecule has 0 aromatic carbocycles. The van der Waals surface area contributed by atoms with Crippen molar-refractivity contribution in [1.29, 1.82) is 0 Å². The number of hydrogen-bond donors (Lipinski definition) is 0. The summed E-state index contributed by atoms with van der Waals surface area (Å²) in [5.41, 5.74) is 1.79. The summed E-state index contributed by atoms with van der Waals surface area (Å²) in [5.74, 6) is 1.72. The molecule has 0 aliphatic carbocycles. The molecule has 2 saturated heterocycles. The van der Waals surface area contributed by atoms with Crippen LogP contribution in [0.1, 0.15) is 36.3 Å². The Balaban J connectivity index is 1.40. The van der Waals surface area contributed by atoms with Gasteiger partial charge >= 0.3 is 0 Å². The van der Waals surface area contributed by atoms with Gasteiger partial charge in [0.05, 0.1) is 25.3 Å². The number of carbonyl (C=O) groups excluding carboxylic acids is 1. The van der Waals surface area contributed by atoms with E-state index in [2.05, 4.69) is 10.1 Å². The van der Waals surface area contributed by atoms with Gasteiger partial charge in [0.25, 0.3) is 0 Å². The van der Waals surface area contributed by atoms with Gasteiger partial charge in [-0.2, -0.15) is 0 Å². The molecule has 0 atom stereocenters. The molecule has 0 bridgehead atoms. The summed E-state index contributed by atoms with van der Waals surface area (Å²) >= 11 is 0. The third-order valence-electron chi connectivity index (χ3n) is 5.43. The molecule has 0 radical (unpaired) electrons. The molecule has 2 fully saturated rings. The Hall–Kier alpha value is -1.40. The Morgan fingerprint density at radius 2 is 1.88 bits per heavy atom. The maximum absolute atomic E-state index is 12.5. The number of ether oxygens (including phenoxy) is 1. The van der Waals surface area contributed by atoms with Crippen molar-refractivity contribution >= 4 is 5.91 Å². The number of likely N-dealkylation sites (tertiary alicyclic amines) is 1. The molecule has 134 valence electrons. The third-order valence-corrected chi connectivity index (χ3v) is 5.43. The number of nitrogens with zero attached hydrogens (tertiary/aromatic N) is 3. The third kappa shape index (κ3) is 4.36. The van der Waals surface area contributed by atoms with E-state index in [4.69, 9.17) is 9.26 Å². The Bertz CT molecular complexity index is 524. The van der Waals surface area contributed by atoms with Crippen molar-refractivity contribution in [2.75, 3.05) is 45.9 Å². The van der Waals surface area contributed by atoms with Gasteiger partial charge in [-0.25, -0.2) is 0 Å². The van der Waals surface area contributed by atoms with Gasteiger partial charge in [0.1, 0.15) is 5.76 Å². The second-order valence-corrected chi connectivity index (χ2v) is 7.05. The van der Waals surface area contributed by atoms with Gasteiger partial charge in [0, 0.05) is 31.7 Å². The van der Waals surface area contributed by atoms with Crippen molar-refractivity contribution in [2.45, 2.75) is 39.5 Å². The number of morpholine rings is 1. The molecule has 1 aromatic heterocycles. The van der Waals surface area contributed by atoms with Crippen LogP contribution < -0.4 is 0 Å². The Labute approximate surface area is 144 Å². The van der Waals surface area contributed by atoms with Gasteiger partial charge in [-0.1, -0.05) is 5.16 Å². The van der Waals surface area contributed by atoms with Crippen LogP contribution in [0.15, 0.2) is 4.52 Å². The van der Waals surface area contributed by atoms with E-state index in [0.29, 0.717) is 6.42 Å². The molecular weight excluding hydrogens is 306 g/mol. The van der Waals surface area contributed by atoms with Crippen molar-refractivity contribution in [3.63, 3.8) is 0 Å². The normalized spacial score (nSPS) is 20.5. The van der Waals surface area contributed by atoms with E-state index in [1.807, 2.05) is 18.7 Å². The molecule has 0 N–H and O–H groups in total. The highest BCUT2D eigenvalue weighted by Crippen LogP contribution is 2.22. The zero-order valence-corrected chi connectivity index (χ0v) is 14.9. The molecule has 6 nitrogen and oxygen atoms in total. The lowest BCUT2D eigenvalue weighted by Crippen LogP contribution is -2.41. The molecule has 24 heavy (non-hydrogen) atoms. The smallest absolute Gasteiger partial charge is 0.227 e. The van der Waals surface area contributed by atoms with E-state index in [-0.39, 0.29) is 5.91 Å². The zero-order chi connectivity index (χ0) is 16.9. The lowest BCUT2D eigenvalue weighted by molar-refractivity contribution is -0.131. The molecule has 0 unspecified atom stereocenters. The highest BCUT2D eigenvalue weighted by molar-refractivity contribution is 5.79. The van der Waals surface area contributed by atoms with Crippen LogP contribution in [0.4, 0.5) is 0 Å². The van der Waals surface area contributed by atoms with Crippen molar-refractivity contribution in [2.24, 2.45) is 5.92 Å². The first kappa shape index (κ1) is 17.4. The summed E-state index contributed by atoms with van der Waals surface area (Å²) in [6.45, 7) is 10.6. The fourth-order valence-corrected chi connectivity index (χ4v) is 3.68. The highest BCUT2D eigenvalue weighted by Gasteiger charge is 2.25. The molecule has 3 heterocycles. The van der Waals surface area contributed by atoms with E-state index in [0.717, 1.165) is 75.2 Å². The summed E-state index contributed by atoms with van der Waals surface area (Å²) in [4.78, 5) is 17.0. The van der Waals surface area contributed by atoms with Gasteiger partial charge < -0.3 is 14.2 Å². The summed E-state index contributed by atoms with van der Waals surface area (Å²) in [6, 6.07) is 0. The van der Waals surface area contributed by atoms with E-state index in [9.17, 15) is 4.79 Å². The summed E-state index contributed by atoms with van der Waals surface area (Å²) in [7, 11) is 0. The van der Waals surface area contributed by atoms with Gasteiger partial charge in [-0.15, -0.1) is 0 Å². The molecule has 0 spiro atoms. The van der Waals surface area contributed by atoms with Crippen LogP contribution in [0.2, 0.25) is 0 Å². The number of piperidine rings is 1. The minimum Gasteiger partial charge on any atom is -0.379 e. The average Bonchev–Trinajstić information content (AvgIpc) is 2.93. The summed E-state index contributed by atoms with van der Waals surface area (Å²) in [6.07, 6.45) is 3.90.